The lowest BCUT2D eigenvalue weighted by Gasteiger charge is -2.03. The largest absolute Gasteiger partial charge is 0.285 e. The molecule has 62 valence electrons. The van der Waals surface area contributed by atoms with Gasteiger partial charge >= 0.3 is 0 Å². The molecule has 1 N–H and O–H groups in total. The highest BCUT2D eigenvalue weighted by Gasteiger charge is 2.00. The summed E-state index contributed by atoms with van der Waals surface area (Å²) < 4.78 is 23.2. The molecule has 0 aliphatic rings. The average molecular weight is 184 g/mol. The zero-order chi connectivity index (χ0) is 8.20. The fraction of sp³-hybridized carbons (Fsp3) is 1.00. The van der Waals surface area contributed by atoms with Gasteiger partial charge in [-0.3, -0.25) is 8.74 Å². The predicted molar refractivity (Wildman–Crippen MR) is 43.5 cm³/mol. The molecule has 10 heavy (non-hydrogen) atoms. The Bertz CT molecular complexity index is 171. The van der Waals surface area contributed by atoms with E-state index in [9.17, 15) is 4.21 Å². The minimum absolute atomic E-state index is 0.260. The van der Waals surface area contributed by atoms with Gasteiger partial charge in [-0.2, -0.15) is 4.21 Å². The highest BCUT2D eigenvalue weighted by atomic mass is 32.9. The van der Waals surface area contributed by atoms with Gasteiger partial charge in [0, 0.05) is 11.2 Å². The molecule has 1 atom stereocenters. The average Bonchev–Trinajstić information content (AvgIpc) is 1.59. The van der Waals surface area contributed by atoms with E-state index in [1.54, 1.807) is 0 Å². The second-order valence-electron chi connectivity index (χ2n) is 2.43. The predicted octanol–water partition coefficient (Wildman–Crippen LogP) is 1.18. The van der Waals surface area contributed by atoms with Crippen molar-refractivity contribution in [1.82, 2.24) is 0 Å². The molecule has 0 heterocycles. The molecule has 3 nitrogen and oxygen atoms in total. The first-order valence-corrected chi connectivity index (χ1v) is 5.40. The maximum Gasteiger partial charge on any atom is 0.266 e. The van der Waals surface area contributed by atoms with Crippen molar-refractivity contribution in [2.24, 2.45) is 5.92 Å². The topological polar surface area (TPSA) is 46.5 Å². The number of hydrogen-bond donors (Lipinski definition) is 1. The summed E-state index contributed by atoms with van der Waals surface area (Å²) in [5, 5.41) is 0. The van der Waals surface area contributed by atoms with Gasteiger partial charge in [-0.1, -0.05) is 13.8 Å². The molecular formula is C5H12O3S2. The summed E-state index contributed by atoms with van der Waals surface area (Å²) in [4.78, 5) is 0. The van der Waals surface area contributed by atoms with Gasteiger partial charge in [0.2, 0.25) is 0 Å². The summed E-state index contributed by atoms with van der Waals surface area (Å²) in [6.45, 7) is 4.27. The normalized spacial score (nSPS) is 17.2. The Morgan fingerprint density at radius 2 is 2.20 bits per heavy atom. The maximum absolute atomic E-state index is 10.3. The summed E-state index contributed by atoms with van der Waals surface area (Å²) in [5.74, 6) is 0.469. The zero-order valence-corrected chi connectivity index (χ0v) is 7.70. The van der Waals surface area contributed by atoms with Gasteiger partial charge in [0.15, 0.2) is 0 Å². The minimum Gasteiger partial charge on any atom is -0.285 e. The van der Waals surface area contributed by atoms with E-state index in [4.69, 9.17) is 4.55 Å². The van der Waals surface area contributed by atoms with Gasteiger partial charge in [0.25, 0.3) is 9.05 Å². The number of hydrogen-bond acceptors (Lipinski definition) is 3. The van der Waals surface area contributed by atoms with Crippen molar-refractivity contribution in [2.75, 3.05) is 6.61 Å². The van der Waals surface area contributed by atoms with Gasteiger partial charge in [0.1, 0.15) is 0 Å². The summed E-state index contributed by atoms with van der Waals surface area (Å²) in [6.07, 6.45) is 0.758. The van der Waals surface area contributed by atoms with E-state index >= 15 is 0 Å². The molecule has 0 spiro atoms. The van der Waals surface area contributed by atoms with E-state index in [0.29, 0.717) is 5.92 Å². The molecule has 0 aromatic carbocycles. The third kappa shape index (κ3) is 8.29. The lowest BCUT2D eigenvalue weighted by Crippen LogP contribution is -2.05. The molecule has 0 aliphatic heterocycles. The minimum atomic E-state index is -3.39. The molecule has 1 unspecified atom stereocenters. The Hall–Kier alpha value is 0.290. The fourth-order valence-corrected chi connectivity index (χ4v) is 0.900. The van der Waals surface area contributed by atoms with Crippen LogP contribution in [0.1, 0.15) is 20.3 Å². The molecule has 0 bridgehead atoms. The van der Waals surface area contributed by atoms with Crippen LogP contribution in [0.4, 0.5) is 0 Å². The second-order valence-corrected chi connectivity index (χ2v) is 4.79. The lowest BCUT2D eigenvalue weighted by molar-refractivity contribution is 0.282. The van der Waals surface area contributed by atoms with Crippen LogP contribution in [0.15, 0.2) is 0 Å². The van der Waals surface area contributed by atoms with Crippen LogP contribution in [0.5, 0.6) is 0 Å². The van der Waals surface area contributed by atoms with Crippen molar-refractivity contribution < 1.29 is 12.9 Å². The first-order chi connectivity index (χ1) is 4.42. The molecule has 0 fully saturated rings. The van der Waals surface area contributed by atoms with E-state index in [2.05, 4.69) is 15.4 Å². The standard InChI is InChI=1S/C5H12O3S2/c1-5(2)3-4-8-10(6,7)9/h5H,3-4H2,1-2H3,(H,6,7,9). The molecule has 0 amide bonds. The number of rotatable bonds is 4. The third-order valence-electron chi connectivity index (χ3n) is 0.927. The molecule has 5 heteroatoms. The van der Waals surface area contributed by atoms with E-state index in [1.165, 1.54) is 0 Å². The van der Waals surface area contributed by atoms with Crippen molar-refractivity contribution in [1.29, 1.82) is 0 Å². The highest BCUT2D eigenvalue weighted by Crippen LogP contribution is 2.00. The smallest absolute Gasteiger partial charge is 0.266 e. The van der Waals surface area contributed by atoms with Gasteiger partial charge in [-0.25, -0.2) is 0 Å². The van der Waals surface area contributed by atoms with E-state index in [1.807, 2.05) is 13.8 Å². The van der Waals surface area contributed by atoms with E-state index in [0.717, 1.165) is 6.42 Å². The van der Waals surface area contributed by atoms with Crippen LogP contribution in [-0.4, -0.2) is 15.4 Å². The van der Waals surface area contributed by atoms with Crippen molar-refractivity contribution >= 4 is 20.2 Å². The maximum atomic E-state index is 10.3. The summed E-state index contributed by atoms with van der Waals surface area (Å²) in [7, 11) is -3.39. The second kappa shape index (κ2) is 4.23. The van der Waals surface area contributed by atoms with Crippen molar-refractivity contribution in [3.05, 3.63) is 0 Å². The molecule has 0 radical (unpaired) electrons. The molecular weight excluding hydrogens is 172 g/mol. The van der Waals surface area contributed by atoms with E-state index < -0.39 is 9.05 Å². The summed E-state index contributed by atoms with van der Waals surface area (Å²) >= 11 is 4.10. The Kier molecular flexibility index (Phi) is 4.35. The summed E-state index contributed by atoms with van der Waals surface area (Å²) in [6, 6.07) is 0. The summed E-state index contributed by atoms with van der Waals surface area (Å²) in [5.41, 5.74) is 0. The molecule has 0 aliphatic carbocycles. The van der Waals surface area contributed by atoms with Crippen LogP contribution in [0.25, 0.3) is 0 Å². The van der Waals surface area contributed by atoms with E-state index in [-0.39, 0.29) is 6.61 Å². The van der Waals surface area contributed by atoms with Gasteiger partial charge in [0.05, 0.1) is 6.61 Å². The third-order valence-corrected chi connectivity index (χ3v) is 1.68. The molecule has 0 aromatic heterocycles. The first-order valence-electron chi connectivity index (χ1n) is 3.03. The Morgan fingerprint density at radius 3 is 2.50 bits per heavy atom. The quantitative estimate of drug-likeness (QED) is 0.712. The Balaban J connectivity index is 3.39. The van der Waals surface area contributed by atoms with Crippen molar-refractivity contribution in [3.63, 3.8) is 0 Å². The van der Waals surface area contributed by atoms with Crippen LogP contribution in [-0.2, 0) is 24.4 Å². The van der Waals surface area contributed by atoms with Crippen LogP contribution < -0.4 is 0 Å². The van der Waals surface area contributed by atoms with Crippen LogP contribution in [0, 0.1) is 5.92 Å². The molecule has 0 rings (SSSR count). The molecule has 0 saturated heterocycles. The van der Waals surface area contributed by atoms with Crippen LogP contribution in [0.3, 0.4) is 0 Å². The van der Waals surface area contributed by atoms with Gasteiger partial charge < -0.3 is 0 Å². The molecule has 0 aromatic rings. The van der Waals surface area contributed by atoms with Crippen molar-refractivity contribution in [2.45, 2.75) is 20.3 Å². The zero-order valence-electron chi connectivity index (χ0n) is 6.07. The SMILES string of the molecule is CC(C)CCOS(=O)(O)=S. The van der Waals surface area contributed by atoms with Crippen molar-refractivity contribution in [3.8, 4) is 0 Å². The van der Waals surface area contributed by atoms with Gasteiger partial charge in [-0.15, -0.1) is 0 Å². The Labute approximate surface area is 66.5 Å². The van der Waals surface area contributed by atoms with Gasteiger partial charge in [-0.05, 0) is 12.3 Å². The highest BCUT2D eigenvalue weighted by molar-refractivity contribution is 8.27. The fourth-order valence-electron chi connectivity index (χ4n) is 0.389. The first kappa shape index (κ1) is 10.3. The monoisotopic (exact) mass is 184 g/mol. The van der Waals surface area contributed by atoms with Crippen LogP contribution >= 0.6 is 0 Å². The van der Waals surface area contributed by atoms with Crippen LogP contribution in [0.2, 0.25) is 0 Å². The Morgan fingerprint density at radius 1 is 1.70 bits per heavy atom. The lowest BCUT2D eigenvalue weighted by atomic mass is 10.2. The molecule has 0 saturated carbocycles.